The van der Waals surface area contributed by atoms with Crippen LogP contribution in [0.15, 0.2) is 351 Å². The van der Waals surface area contributed by atoms with Crippen LogP contribution in [0.1, 0.15) is 117 Å². The lowest BCUT2D eigenvalue weighted by Gasteiger charge is -2.09. The fourth-order valence-corrected chi connectivity index (χ4v) is 17.5. The predicted molar refractivity (Wildman–Crippen MR) is 606 cm³/mol. The summed E-state index contributed by atoms with van der Waals surface area (Å²) in [4.78, 5) is 87.3. The van der Waals surface area contributed by atoms with E-state index in [2.05, 4.69) is 170 Å². The molecule has 0 radical (unpaired) electrons. The van der Waals surface area contributed by atoms with Crippen molar-refractivity contribution in [1.82, 2.24) is 70.3 Å². The third-order valence-electron chi connectivity index (χ3n) is 19.6. The van der Waals surface area contributed by atoms with E-state index in [1.165, 1.54) is 94.1 Å². The summed E-state index contributed by atoms with van der Waals surface area (Å²) in [6.07, 6.45) is 8.40. The number of carbonyl (C=O) groups is 5. The van der Waals surface area contributed by atoms with Gasteiger partial charge in [-0.05, 0) is 157 Å². The van der Waals surface area contributed by atoms with Crippen LogP contribution in [0.3, 0.4) is 0 Å². The Bertz CT molecular complexity index is 7050. The van der Waals surface area contributed by atoms with Gasteiger partial charge in [0, 0.05) is 58.9 Å². The van der Waals surface area contributed by atoms with Crippen molar-refractivity contribution in [3.8, 4) is 11.5 Å². The molecule has 29 nitrogen and oxygen atoms in total. The second-order valence-electron chi connectivity index (χ2n) is 29.5. The zero-order valence-electron chi connectivity index (χ0n) is 73.2. The molecule has 16 aromatic rings. The molecule has 143 heavy (non-hydrogen) atoms. The van der Waals surface area contributed by atoms with E-state index in [0.717, 1.165) is 108 Å². The number of phenols is 2. The molecule has 0 fully saturated rings. The van der Waals surface area contributed by atoms with Gasteiger partial charge in [0.05, 0.1) is 133 Å². The van der Waals surface area contributed by atoms with Gasteiger partial charge in [0.2, 0.25) is 11.6 Å². The summed E-state index contributed by atoms with van der Waals surface area (Å²) in [5, 5.41) is 54.6. The van der Waals surface area contributed by atoms with Crippen molar-refractivity contribution in [3.05, 3.63) is 356 Å². The summed E-state index contributed by atoms with van der Waals surface area (Å²) in [7, 11) is 3.86. The molecule has 746 valence electrons. The molecule has 7 N–H and O–H groups in total. The van der Waals surface area contributed by atoms with E-state index in [4.69, 9.17) is 9.97 Å². The maximum absolute atomic E-state index is 12.3. The van der Waals surface area contributed by atoms with E-state index in [-0.39, 0.29) is 129 Å². The number of imidazole rings is 4. The number of nitrogens with zero attached hydrogens (tertiary/aromatic N) is 16. The Balaban J connectivity index is 0.000000312. The lowest BCUT2D eigenvalue weighted by Crippen LogP contribution is -2.22. The molecule has 0 saturated carbocycles. The Kier molecular flexibility index (Phi) is 50.5. The molecule has 0 bridgehead atoms. The molecule has 0 saturated heterocycles. The number of aryl methyl sites for hydroxylation is 3. The van der Waals surface area contributed by atoms with Crippen LogP contribution in [0.25, 0.3) is 44.1 Å². The highest BCUT2D eigenvalue weighted by Crippen LogP contribution is 2.33. The number of halogens is 2. The minimum absolute atomic E-state index is 0. The number of nitrogens with one attached hydrogen (secondary N) is 5. The van der Waals surface area contributed by atoms with Gasteiger partial charge in [-0.15, -0.1) is 11.8 Å². The molecule has 5 aromatic heterocycles. The molecule has 11 aromatic carbocycles. The number of hydrazone groups is 5. The number of rotatable bonds is 29. The van der Waals surface area contributed by atoms with Crippen molar-refractivity contribution in [1.29, 1.82) is 0 Å². The van der Waals surface area contributed by atoms with Crippen molar-refractivity contribution < 1.29 is 38.9 Å². The van der Waals surface area contributed by atoms with E-state index < -0.39 is 0 Å². The highest BCUT2D eigenvalue weighted by molar-refractivity contribution is 9.10. The molecule has 17 rings (SSSR count). The van der Waals surface area contributed by atoms with Gasteiger partial charge in [-0.3, -0.25) is 29.0 Å². The van der Waals surface area contributed by atoms with Crippen LogP contribution < -0.4 is 27.1 Å². The molecule has 36 heteroatoms. The largest absolute Gasteiger partial charge is 0.619 e. The lowest BCUT2D eigenvalue weighted by molar-refractivity contribution is -0.349. The number of amides is 5. The predicted octanol–water partition coefficient (Wildman–Crippen LogP) is 23.4. The first kappa shape index (κ1) is 119. The normalized spacial score (nSPS) is 11.0. The van der Waals surface area contributed by atoms with Crippen molar-refractivity contribution in [2.75, 3.05) is 28.8 Å². The minimum Gasteiger partial charge on any atom is -0.619 e. The van der Waals surface area contributed by atoms with Gasteiger partial charge in [0.25, 0.3) is 23.6 Å². The van der Waals surface area contributed by atoms with Crippen molar-refractivity contribution in [2.45, 2.75) is 113 Å². The Hall–Kier alpha value is -14.4. The number of carbonyl (C=O) groups excluding carboxylic acids is 5. The van der Waals surface area contributed by atoms with Crippen LogP contribution in [-0.2, 0) is 57.6 Å². The topological polar surface area (TPSA) is 370 Å². The van der Waals surface area contributed by atoms with Crippen LogP contribution >= 0.6 is 90.7 Å². The van der Waals surface area contributed by atoms with E-state index in [1.807, 2.05) is 205 Å². The molecule has 1 aliphatic rings. The minimum atomic E-state index is -0.256. The Labute approximate surface area is 874 Å². The summed E-state index contributed by atoms with van der Waals surface area (Å²) in [6, 6.07) is 90.2. The summed E-state index contributed by atoms with van der Waals surface area (Å²) in [6.45, 7) is 8.54. The number of para-hydroxylation sites is 9. The van der Waals surface area contributed by atoms with Crippen molar-refractivity contribution in [3.63, 3.8) is 0 Å². The average Bonchev–Trinajstić information content (AvgIpc) is 1.64. The molecule has 1 aliphatic heterocycles. The first-order valence-electron chi connectivity index (χ1n) is 41.6. The van der Waals surface area contributed by atoms with Gasteiger partial charge < -0.3 is 33.7 Å². The number of hydrogen-bond acceptors (Lipinski definition) is 24. The number of thioether (sulfide) groups is 5. The summed E-state index contributed by atoms with van der Waals surface area (Å²) in [5.41, 5.74) is 30.7. The molecule has 6 heterocycles. The fraction of sp³-hybridized carbons (Fsp3) is 0.187. The smallest absolute Gasteiger partial charge is 0.250 e. The highest BCUT2D eigenvalue weighted by atomic mass is 79.9. The van der Waals surface area contributed by atoms with E-state index in [0.29, 0.717) is 46.0 Å². The van der Waals surface area contributed by atoms with Gasteiger partial charge in [-0.1, -0.05) is 302 Å². The maximum Gasteiger partial charge on any atom is 0.250 e. The number of phenolic OH excluding ortho intramolecular Hbond substituents is 2. The number of hydrogen-bond donors (Lipinski definition) is 7. The van der Waals surface area contributed by atoms with Crippen LogP contribution in [0.5, 0.6) is 11.5 Å². The van der Waals surface area contributed by atoms with E-state index in [1.54, 1.807) is 80.0 Å². The van der Waals surface area contributed by atoms with Crippen LogP contribution in [0.2, 0.25) is 0 Å². The van der Waals surface area contributed by atoms with Gasteiger partial charge in [0.15, 0.2) is 20.6 Å². The summed E-state index contributed by atoms with van der Waals surface area (Å²) < 4.78 is 10.4. The zero-order chi connectivity index (χ0) is 94.8. The quantitative estimate of drug-likeness (QED) is 0.00752. The van der Waals surface area contributed by atoms with E-state index in [9.17, 15) is 39.4 Å². The van der Waals surface area contributed by atoms with Gasteiger partial charge in [-0.2, -0.15) is 30.2 Å². The third-order valence-corrected chi connectivity index (χ3v) is 25.6. The number of pyridine rings is 1. The molecular formula is C107H121Br2N21O8S5. The Morgan fingerprint density at radius 1 is 0.434 bits per heavy atom. The molecule has 0 spiro atoms. The Morgan fingerprint density at radius 3 is 1.27 bits per heavy atom. The number of aliphatic imine (C=N–C) groups is 1. The second-order valence-corrected chi connectivity index (χ2v) is 36.1. The van der Waals surface area contributed by atoms with Gasteiger partial charge in [0.1, 0.15) is 18.2 Å². The van der Waals surface area contributed by atoms with Crippen LogP contribution in [0, 0.1) is 12.1 Å². The fourth-order valence-electron chi connectivity index (χ4n) is 12.8. The number of aromatic nitrogens is 9. The van der Waals surface area contributed by atoms with Crippen molar-refractivity contribution >= 4 is 218 Å². The zero-order valence-corrected chi connectivity index (χ0v) is 80.4. The molecular weight excluding hydrogens is 2030 g/mol. The van der Waals surface area contributed by atoms with Gasteiger partial charge >= 0.3 is 0 Å². The summed E-state index contributed by atoms with van der Waals surface area (Å²) in [5.74, 6) is 0.245. The number of fused-ring (bicyclic) bond motifs is 5. The molecule has 5 amide bonds. The van der Waals surface area contributed by atoms with Crippen molar-refractivity contribution in [2.24, 2.45) is 44.6 Å². The van der Waals surface area contributed by atoms with Crippen LogP contribution in [0.4, 0.5) is 11.4 Å². The third kappa shape index (κ3) is 36.0. The van der Waals surface area contributed by atoms with Gasteiger partial charge in [-0.25, -0.2) is 52.1 Å². The number of aromatic hydroxyl groups is 2. The molecule has 0 aliphatic carbocycles. The van der Waals surface area contributed by atoms with Crippen LogP contribution in [-0.4, -0.2) is 159 Å². The molecule has 0 unspecified atom stereocenters. The average molecular weight is 2150 g/mol. The number of benzene rings is 11. The summed E-state index contributed by atoms with van der Waals surface area (Å²) >= 11 is 13.6. The second kappa shape index (κ2) is 60.7. The molecule has 0 atom stereocenters. The first-order valence-corrected chi connectivity index (χ1v) is 48.2. The maximum atomic E-state index is 12.3. The highest BCUT2D eigenvalue weighted by Gasteiger charge is 2.20. The first-order chi connectivity index (χ1) is 65.6. The SMILES string of the molecule is C.C.C.C.C.C.C.C.C=[N+]([O-])c1ccc(/C(C)=N/NC(=O)CSC2=Nc3ccccc3C2)cc1.Cc1ccc(Cn2c(SCC(=O)N/N=C/c3ccccc3)nc3ccccc32)cc1.Cn1c(SCC(=O)N/N=C/c2cc(Br)ccc2O)nc2ccccc21.Cn1c(SCC(=O)N/N=C/c2ccccn2)nc2ccccc21.O=C(CSc1nc2ccccc2n1Cc1ccccc1)N/N=C/c1cc(Br)ccc1O. The monoisotopic (exact) mass is 2150 g/mol. The standard InChI is InChI=1S/C24H22N4OS.C23H19BrN4O2S.C19H18N4O2S.C17H15BrN4O2S.C16H15N5OS.8CH4/c1-18-11-13-20(14-12-18)16-28-22-10-6-5-9-21(22)26-24(28)30-17-23(29)27-25-15-19-7-3-2-4-8-19;24-18-10-11-21(29)17(12-18)13-25-27-22(30)15-31-23-26-19-8-4-5-9-20(19)28(23)14-16-6-2-1-3-7-16;1-13(14-7-9-16(10-8-14)23(2)25)21-22-18(24)12-26-19-11-15-5-3-4-6-17(15)20-19;1-22-14-5-3-2-4-13(14)20-17(22)25-10-16(24)21-19-9-11-8-12(18)6-7-15(11)23;1-21-14-8-3-2-7-13(14)19-16(21)23-11-15(22)20-18-10-12-6-4-5-9-17-12;;;;;;;;/h2-15H,16-17H2,1H3,(H,27,29);1-13,29H,14-15H2,(H,27,30);3-10H,2,11-12H2,1H3,(H,22,24);2-9,23H,10H2,1H3,(H,21,24);2-10H,11H2,1H3,(H,20,22);8*1H4/b25-15+;25-13+;21-13+;19-9+;18-10+;;;;;;;;. The Morgan fingerprint density at radius 2 is 0.818 bits per heavy atom. The lowest BCUT2D eigenvalue weighted by atomic mass is 10.1. The van der Waals surface area contributed by atoms with E-state index >= 15 is 0 Å².